The molecule has 1 N–H and O–H groups in total. The van der Waals surface area contributed by atoms with Gasteiger partial charge >= 0.3 is 5.97 Å². The Hall–Kier alpha value is -1.49. The molecule has 1 saturated carbocycles. The van der Waals surface area contributed by atoms with E-state index in [1.165, 1.54) is 36.6 Å². The summed E-state index contributed by atoms with van der Waals surface area (Å²) in [5.41, 5.74) is 3.32. The van der Waals surface area contributed by atoms with E-state index in [9.17, 15) is 4.79 Å². The van der Waals surface area contributed by atoms with Gasteiger partial charge in [-0.25, -0.2) is 4.98 Å². The molecule has 0 spiro atoms. The number of aromatic nitrogens is 2. The summed E-state index contributed by atoms with van der Waals surface area (Å²) >= 11 is 1.31. The Morgan fingerprint density at radius 3 is 3.00 bits per heavy atom. The van der Waals surface area contributed by atoms with Crippen LogP contribution in [0.4, 0.5) is 0 Å². The van der Waals surface area contributed by atoms with E-state index in [0.29, 0.717) is 0 Å². The zero-order valence-corrected chi connectivity index (χ0v) is 12.3. The molecule has 0 radical (unpaired) electrons. The minimum atomic E-state index is -0.799. The van der Waals surface area contributed by atoms with E-state index in [1.807, 2.05) is 12.1 Å². The molecule has 1 aliphatic carbocycles. The number of thioether (sulfide) groups is 1. The summed E-state index contributed by atoms with van der Waals surface area (Å²) in [6.07, 6.45) is 3.84. The van der Waals surface area contributed by atoms with Crippen molar-refractivity contribution in [1.29, 1.82) is 0 Å². The predicted octanol–water partition coefficient (Wildman–Crippen LogP) is 3.32. The van der Waals surface area contributed by atoms with Gasteiger partial charge in [-0.15, -0.1) is 0 Å². The van der Waals surface area contributed by atoms with Crippen LogP contribution < -0.4 is 0 Å². The molecule has 3 rings (SSSR count). The largest absolute Gasteiger partial charge is 0.481 e. The van der Waals surface area contributed by atoms with Crippen LogP contribution >= 0.6 is 11.8 Å². The molecular formula is C15H18N2O2S. The third-order valence-corrected chi connectivity index (χ3v) is 4.68. The zero-order valence-electron chi connectivity index (χ0n) is 11.5. The zero-order chi connectivity index (χ0) is 14.1. The van der Waals surface area contributed by atoms with Gasteiger partial charge in [-0.05, 0) is 30.9 Å². The molecule has 2 aromatic rings. The van der Waals surface area contributed by atoms with Crippen LogP contribution in [-0.2, 0) is 11.3 Å². The van der Waals surface area contributed by atoms with Crippen LogP contribution in [-0.4, -0.2) is 26.4 Å². The highest BCUT2D eigenvalue weighted by Gasteiger charge is 2.22. The maximum atomic E-state index is 10.8. The average molecular weight is 290 g/mol. The van der Waals surface area contributed by atoms with Gasteiger partial charge in [0.25, 0.3) is 0 Å². The SMILES string of the molecule is Cc1cccc2nc(SCC(=O)O)n(CCC3CC3)c12. The minimum absolute atomic E-state index is 0.0613. The van der Waals surface area contributed by atoms with Crippen LogP contribution in [0.3, 0.4) is 0 Å². The maximum absolute atomic E-state index is 10.8. The quantitative estimate of drug-likeness (QED) is 0.829. The predicted molar refractivity (Wildman–Crippen MR) is 80.2 cm³/mol. The molecule has 1 heterocycles. The molecule has 1 aromatic carbocycles. The monoisotopic (exact) mass is 290 g/mol. The fraction of sp³-hybridized carbons (Fsp3) is 0.467. The Morgan fingerprint density at radius 1 is 1.50 bits per heavy atom. The summed E-state index contributed by atoms with van der Waals surface area (Å²) in [6, 6.07) is 6.09. The highest BCUT2D eigenvalue weighted by atomic mass is 32.2. The summed E-state index contributed by atoms with van der Waals surface area (Å²) in [5, 5.41) is 9.70. The number of carboxylic acids is 1. The smallest absolute Gasteiger partial charge is 0.313 e. The van der Waals surface area contributed by atoms with E-state index in [4.69, 9.17) is 5.11 Å². The molecule has 0 aliphatic heterocycles. The number of aryl methyl sites for hydroxylation is 2. The Kier molecular flexibility index (Phi) is 3.70. The van der Waals surface area contributed by atoms with Crippen LogP contribution in [0.5, 0.6) is 0 Å². The van der Waals surface area contributed by atoms with E-state index in [-0.39, 0.29) is 5.75 Å². The van der Waals surface area contributed by atoms with Gasteiger partial charge in [0.1, 0.15) is 0 Å². The van der Waals surface area contributed by atoms with Crippen molar-refractivity contribution in [2.75, 3.05) is 5.75 Å². The molecule has 1 aromatic heterocycles. The molecule has 4 nitrogen and oxygen atoms in total. The lowest BCUT2D eigenvalue weighted by atomic mass is 10.2. The standard InChI is InChI=1S/C15H18N2O2S/c1-10-3-2-4-12-14(10)17(8-7-11-5-6-11)15(16-12)20-9-13(18)19/h2-4,11H,5-9H2,1H3,(H,18,19). The number of para-hydroxylation sites is 1. The Bertz CT molecular complexity index is 647. The van der Waals surface area contributed by atoms with E-state index < -0.39 is 5.97 Å². The van der Waals surface area contributed by atoms with Gasteiger partial charge in [0.05, 0.1) is 16.8 Å². The first-order valence-corrected chi connectivity index (χ1v) is 7.94. The molecule has 106 valence electrons. The molecular weight excluding hydrogens is 272 g/mol. The minimum Gasteiger partial charge on any atom is -0.481 e. The molecule has 1 aliphatic rings. The van der Waals surface area contributed by atoms with Gasteiger partial charge in [-0.3, -0.25) is 4.79 Å². The first-order valence-electron chi connectivity index (χ1n) is 6.95. The number of aliphatic carboxylic acids is 1. The van der Waals surface area contributed by atoms with Crippen molar-refractivity contribution in [2.45, 2.75) is 37.9 Å². The number of hydrogen-bond donors (Lipinski definition) is 1. The number of hydrogen-bond acceptors (Lipinski definition) is 3. The van der Waals surface area contributed by atoms with Gasteiger partial charge in [-0.2, -0.15) is 0 Å². The lowest BCUT2D eigenvalue weighted by molar-refractivity contribution is -0.133. The Balaban J connectivity index is 1.95. The fourth-order valence-electron chi connectivity index (χ4n) is 2.51. The Morgan fingerprint density at radius 2 is 2.30 bits per heavy atom. The summed E-state index contributed by atoms with van der Waals surface area (Å²) in [5.74, 6) is 0.118. The van der Waals surface area contributed by atoms with Crippen LogP contribution in [0.2, 0.25) is 0 Å². The second-order valence-electron chi connectivity index (χ2n) is 5.40. The average Bonchev–Trinajstić information content (AvgIpc) is 3.15. The van der Waals surface area contributed by atoms with Crippen molar-refractivity contribution >= 4 is 28.8 Å². The number of benzene rings is 1. The molecule has 1 fully saturated rings. The Labute approximate surface area is 122 Å². The number of carbonyl (C=O) groups is 1. The molecule has 5 heteroatoms. The summed E-state index contributed by atoms with van der Waals surface area (Å²) < 4.78 is 2.20. The van der Waals surface area contributed by atoms with Gasteiger partial charge in [0.2, 0.25) is 0 Å². The highest BCUT2D eigenvalue weighted by molar-refractivity contribution is 7.99. The van der Waals surface area contributed by atoms with E-state index in [1.54, 1.807) is 0 Å². The molecule has 0 amide bonds. The van der Waals surface area contributed by atoms with Crippen molar-refractivity contribution in [1.82, 2.24) is 9.55 Å². The number of rotatable bonds is 6. The van der Waals surface area contributed by atoms with Crippen LogP contribution in [0.15, 0.2) is 23.4 Å². The lowest BCUT2D eigenvalue weighted by Gasteiger charge is -2.09. The van der Waals surface area contributed by atoms with Crippen molar-refractivity contribution in [3.63, 3.8) is 0 Å². The number of nitrogens with zero attached hydrogens (tertiary/aromatic N) is 2. The number of imidazole rings is 1. The van der Waals surface area contributed by atoms with Gasteiger partial charge in [-0.1, -0.05) is 36.7 Å². The molecule has 0 bridgehead atoms. The van der Waals surface area contributed by atoms with Crippen LogP contribution in [0, 0.1) is 12.8 Å². The topological polar surface area (TPSA) is 55.1 Å². The van der Waals surface area contributed by atoms with Gasteiger partial charge in [0, 0.05) is 6.54 Å². The summed E-state index contributed by atoms with van der Waals surface area (Å²) in [6.45, 7) is 3.03. The third-order valence-electron chi connectivity index (χ3n) is 3.72. The molecule has 0 unspecified atom stereocenters. The normalized spacial score (nSPS) is 14.8. The van der Waals surface area contributed by atoms with Crippen molar-refractivity contribution in [3.8, 4) is 0 Å². The lowest BCUT2D eigenvalue weighted by Crippen LogP contribution is -2.04. The molecule has 0 atom stereocenters. The van der Waals surface area contributed by atoms with Crippen molar-refractivity contribution < 1.29 is 9.90 Å². The molecule has 0 saturated heterocycles. The number of carboxylic acid groups (broad SMARTS) is 1. The van der Waals surface area contributed by atoms with E-state index in [2.05, 4.69) is 22.5 Å². The summed E-state index contributed by atoms with van der Waals surface area (Å²) in [7, 11) is 0. The van der Waals surface area contributed by atoms with E-state index in [0.717, 1.165) is 28.7 Å². The van der Waals surface area contributed by atoms with Crippen LogP contribution in [0.1, 0.15) is 24.8 Å². The first-order chi connectivity index (χ1) is 9.65. The molecule has 20 heavy (non-hydrogen) atoms. The van der Waals surface area contributed by atoms with E-state index >= 15 is 0 Å². The fourth-order valence-corrected chi connectivity index (χ4v) is 3.26. The third kappa shape index (κ3) is 2.82. The van der Waals surface area contributed by atoms with Crippen LogP contribution in [0.25, 0.3) is 11.0 Å². The van der Waals surface area contributed by atoms with Gasteiger partial charge in [0.15, 0.2) is 5.16 Å². The highest BCUT2D eigenvalue weighted by Crippen LogP contribution is 2.34. The second kappa shape index (κ2) is 5.48. The van der Waals surface area contributed by atoms with Gasteiger partial charge < -0.3 is 9.67 Å². The van der Waals surface area contributed by atoms with Crippen molar-refractivity contribution in [2.24, 2.45) is 5.92 Å². The first kappa shape index (κ1) is 13.5. The maximum Gasteiger partial charge on any atom is 0.313 e. The van der Waals surface area contributed by atoms with Crippen molar-refractivity contribution in [3.05, 3.63) is 23.8 Å². The number of fused-ring (bicyclic) bond motifs is 1. The second-order valence-corrected chi connectivity index (χ2v) is 6.35. The summed E-state index contributed by atoms with van der Waals surface area (Å²) in [4.78, 5) is 15.4.